The van der Waals surface area contributed by atoms with Crippen LogP contribution in [0.1, 0.15) is 0 Å². The molecule has 7 heteroatoms. The van der Waals surface area contributed by atoms with Crippen LogP contribution in [-0.2, 0) is 4.79 Å². The van der Waals surface area contributed by atoms with Gasteiger partial charge in [-0.05, 0) is 0 Å². The van der Waals surface area contributed by atoms with Crippen LogP contribution in [0.25, 0.3) is 0 Å². The molecule has 1 saturated heterocycles. The molecule has 0 saturated carbocycles. The summed E-state index contributed by atoms with van der Waals surface area (Å²) in [5, 5.41) is 21.6. The maximum atomic E-state index is 10.5. The molecule has 1 rings (SSSR count). The van der Waals surface area contributed by atoms with E-state index in [2.05, 4.69) is 5.32 Å². The molecular formula is C6H9N3O4. The minimum Gasteiger partial charge on any atom is -0.473 e. The van der Waals surface area contributed by atoms with Crippen molar-refractivity contribution >= 4 is 5.97 Å². The average molecular weight is 187 g/mol. The lowest BCUT2D eigenvalue weighted by Crippen LogP contribution is -2.24. The lowest BCUT2D eigenvalue weighted by molar-refractivity contribution is -0.423. The molecule has 1 heterocycles. The van der Waals surface area contributed by atoms with Crippen LogP contribution in [0.3, 0.4) is 0 Å². The Labute approximate surface area is 73.8 Å². The molecule has 1 aliphatic heterocycles. The molecule has 0 spiro atoms. The molecule has 0 amide bonds. The number of likely N-dealkylation sites (N-methyl/N-ethyl adjacent to an activating group) is 1. The fraction of sp³-hybridized carbons (Fsp3) is 0.500. The summed E-state index contributed by atoms with van der Waals surface area (Å²) >= 11 is 0. The molecule has 0 aromatic carbocycles. The molecule has 13 heavy (non-hydrogen) atoms. The predicted octanol–water partition coefficient (Wildman–Crippen LogP) is -0.948. The fourth-order valence-electron chi connectivity index (χ4n) is 1.12. The zero-order valence-corrected chi connectivity index (χ0v) is 6.98. The van der Waals surface area contributed by atoms with E-state index in [1.807, 2.05) is 0 Å². The summed E-state index contributed by atoms with van der Waals surface area (Å²) in [5.74, 6) is -1.46. The predicted molar refractivity (Wildman–Crippen MR) is 42.3 cm³/mol. The van der Waals surface area contributed by atoms with E-state index in [1.165, 1.54) is 4.90 Å². The number of rotatable bonds is 2. The number of carboxylic acid groups (broad SMARTS) is 1. The molecule has 1 fully saturated rings. The van der Waals surface area contributed by atoms with Crippen LogP contribution in [0.15, 0.2) is 11.5 Å². The number of nitrogens with one attached hydrogen (secondary N) is 1. The normalized spacial score (nSPS) is 19.6. The largest absolute Gasteiger partial charge is 0.473 e. The summed E-state index contributed by atoms with van der Waals surface area (Å²) in [6, 6.07) is 0. The zero-order chi connectivity index (χ0) is 10.0. The van der Waals surface area contributed by atoms with Crippen LogP contribution in [0.2, 0.25) is 0 Å². The number of nitro groups is 1. The first kappa shape index (κ1) is 9.30. The zero-order valence-electron chi connectivity index (χ0n) is 6.98. The number of carbonyl (C=O) groups is 1. The SMILES string of the molecule is CN1CCN/C1=C(\C(=O)O)[N+](=O)[O-]. The highest BCUT2D eigenvalue weighted by Crippen LogP contribution is 2.10. The van der Waals surface area contributed by atoms with E-state index in [9.17, 15) is 14.9 Å². The molecule has 0 aromatic heterocycles. The molecule has 7 nitrogen and oxygen atoms in total. The van der Waals surface area contributed by atoms with E-state index in [0.29, 0.717) is 13.1 Å². The summed E-state index contributed by atoms with van der Waals surface area (Å²) < 4.78 is 0. The summed E-state index contributed by atoms with van der Waals surface area (Å²) in [6.07, 6.45) is 0. The van der Waals surface area contributed by atoms with Gasteiger partial charge in [-0.1, -0.05) is 0 Å². The smallest absolute Gasteiger partial charge is 0.411 e. The minimum atomic E-state index is -1.53. The lowest BCUT2D eigenvalue weighted by atomic mass is 10.4. The number of carboxylic acids is 1. The molecule has 0 radical (unpaired) electrons. The summed E-state index contributed by atoms with van der Waals surface area (Å²) in [4.78, 5) is 21.5. The van der Waals surface area contributed by atoms with Crippen molar-refractivity contribution in [3.8, 4) is 0 Å². The van der Waals surface area contributed by atoms with Gasteiger partial charge in [0.15, 0.2) is 5.82 Å². The minimum absolute atomic E-state index is 0.0671. The van der Waals surface area contributed by atoms with E-state index < -0.39 is 16.6 Å². The van der Waals surface area contributed by atoms with Gasteiger partial charge in [0.25, 0.3) is 0 Å². The van der Waals surface area contributed by atoms with Crippen LogP contribution in [0.5, 0.6) is 0 Å². The third-order valence-corrected chi connectivity index (χ3v) is 1.73. The van der Waals surface area contributed by atoms with Crippen molar-refractivity contribution in [3.05, 3.63) is 21.6 Å². The second kappa shape index (κ2) is 3.30. The third kappa shape index (κ3) is 1.68. The number of hydrogen-bond acceptors (Lipinski definition) is 5. The lowest BCUT2D eigenvalue weighted by Gasteiger charge is -2.09. The van der Waals surface area contributed by atoms with Crippen molar-refractivity contribution in [1.29, 1.82) is 0 Å². The van der Waals surface area contributed by atoms with Crippen molar-refractivity contribution in [1.82, 2.24) is 10.2 Å². The molecule has 0 unspecified atom stereocenters. The summed E-state index contributed by atoms with van der Waals surface area (Å²) in [6.45, 7) is 1.09. The summed E-state index contributed by atoms with van der Waals surface area (Å²) in [7, 11) is 1.60. The van der Waals surface area contributed by atoms with Gasteiger partial charge in [-0.3, -0.25) is 10.1 Å². The van der Waals surface area contributed by atoms with Crippen LogP contribution in [0.4, 0.5) is 0 Å². The van der Waals surface area contributed by atoms with Crippen LogP contribution < -0.4 is 5.32 Å². The third-order valence-electron chi connectivity index (χ3n) is 1.73. The molecule has 0 aromatic rings. The molecule has 2 N–H and O–H groups in total. The van der Waals surface area contributed by atoms with Gasteiger partial charge in [-0.25, -0.2) is 4.79 Å². The van der Waals surface area contributed by atoms with Gasteiger partial charge >= 0.3 is 11.7 Å². The fourth-order valence-corrected chi connectivity index (χ4v) is 1.12. The van der Waals surface area contributed by atoms with Crippen molar-refractivity contribution < 1.29 is 14.8 Å². The molecule has 1 aliphatic rings. The van der Waals surface area contributed by atoms with Crippen molar-refractivity contribution in [2.24, 2.45) is 0 Å². The van der Waals surface area contributed by atoms with Gasteiger partial charge in [0, 0.05) is 20.1 Å². The Morgan fingerprint density at radius 1 is 1.77 bits per heavy atom. The van der Waals surface area contributed by atoms with Gasteiger partial charge in [0.1, 0.15) is 0 Å². The maximum Gasteiger partial charge on any atom is 0.411 e. The highest BCUT2D eigenvalue weighted by Gasteiger charge is 2.31. The van der Waals surface area contributed by atoms with E-state index in [0.717, 1.165) is 0 Å². The van der Waals surface area contributed by atoms with E-state index in [4.69, 9.17) is 5.11 Å². The number of hydrogen-bond donors (Lipinski definition) is 2. The molecular weight excluding hydrogens is 178 g/mol. The quantitative estimate of drug-likeness (QED) is 0.329. The van der Waals surface area contributed by atoms with Gasteiger partial charge in [0.2, 0.25) is 0 Å². The first-order valence-electron chi connectivity index (χ1n) is 3.61. The molecule has 0 bridgehead atoms. The highest BCUT2D eigenvalue weighted by molar-refractivity contribution is 5.84. The Hall–Kier alpha value is -1.79. The Kier molecular flexibility index (Phi) is 2.36. The Morgan fingerprint density at radius 2 is 2.38 bits per heavy atom. The maximum absolute atomic E-state index is 10.5. The van der Waals surface area contributed by atoms with E-state index in [1.54, 1.807) is 7.05 Å². The highest BCUT2D eigenvalue weighted by atomic mass is 16.6. The van der Waals surface area contributed by atoms with Crippen molar-refractivity contribution in [2.45, 2.75) is 0 Å². The first-order chi connectivity index (χ1) is 6.04. The Morgan fingerprint density at radius 3 is 2.69 bits per heavy atom. The summed E-state index contributed by atoms with van der Waals surface area (Å²) in [5.41, 5.74) is -0.806. The molecule has 0 aliphatic carbocycles. The van der Waals surface area contributed by atoms with Gasteiger partial charge in [-0.15, -0.1) is 0 Å². The molecule has 72 valence electrons. The van der Waals surface area contributed by atoms with Gasteiger partial charge < -0.3 is 15.3 Å². The first-order valence-corrected chi connectivity index (χ1v) is 3.61. The van der Waals surface area contributed by atoms with E-state index in [-0.39, 0.29) is 5.82 Å². The number of aliphatic carboxylic acids is 1. The van der Waals surface area contributed by atoms with Crippen LogP contribution in [-0.4, -0.2) is 41.0 Å². The topological polar surface area (TPSA) is 95.7 Å². The van der Waals surface area contributed by atoms with Crippen molar-refractivity contribution in [2.75, 3.05) is 20.1 Å². The van der Waals surface area contributed by atoms with Gasteiger partial charge in [0.05, 0.1) is 4.92 Å². The van der Waals surface area contributed by atoms with Crippen LogP contribution >= 0.6 is 0 Å². The van der Waals surface area contributed by atoms with Crippen LogP contribution in [0, 0.1) is 10.1 Å². The Bertz CT molecular complexity index is 270. The van der Waals surface area contributed by atoms with Crippen molar-refractivity contribution in [3.63, 3.8) is 0 Å². The Balaban J connectivity index is 3.08. The van der Waals surface area contributed by atoms with Gasteiger partial charge in [-0.2, -0.15) is 0 Å². The second-order valence-electron chi connectivity index (χ2n) is 2.61. The second-order valence-corrected chi connectivity index (χ2v) is 2.61. The standard InChI is InChI=1S/C6H9N3O4/c1-8-3-2-7-5(8)4(6(10)11)9(12)13/h7H,2-3H2,1H3,(H,10,11)/b5-4-. The molecule has 0 atom stereocenters. The van der Waals surface area contributed by atoms with E-state index >= 15 is 0 Å². The monoisotopic (exact) mass is 187 g/mol. The average Bonchev–Trinajstić information content (AvgIpc) is 2.35. The number of nitrogens with zero attached hydrogens (tertiary/aromatic N) is 2.